The molecular weight excluding hydrogens is 246 g/mol. The first kappa shape index (κ1) is 12.7. The van der Waals surface area contributed by atoms with Crippen LogP contribution in [0.1, 0.15) is 11.1 Å². The molecule has 0 aliphatic carbocycles. The Morgan fingerprint density at radius 3 is 2.35 bits per heavy atom. The van der Waals surface area contributed by atoms with E-state index in [1.165, 1.54) is 10.8 Å². The van der Waals surface area contributed by atoms with Crippen molar-refractivity contribution < 1.29 is 4.74 Å². The number of rotatable bonds is 4. The quantitative estimate of drug-likeness (QED) is 0.775. The second kappa shape index (κ2) is 5.76. The fourth-order valence-corrected chi connectivity index (χ4v) is 2.40. The monoisotopic (exact) mass is 263 g/mol. The summed E-state index contributed by atoms with van der Waals surface area (Å²) < 4.78 is 5.94. The third kappa shape index (κ3) is 2.51. The van der Waals surface area contributed by atoms with Gasteiger partial charge in [0, 0.05) is 12.1 Å². The summed E-state index contributed by atoms with van der Waals surface area (Å²) in [5.74, 6) is 0.870. The SMILES string of the molecule is NCc1c(OCc2ccccc2)ccc2ccccc12. The molecule has 0 heterocycles. The Morgan fingerprint density at radius 2 is 1.55 bits per heavy atom. The van der Waals surface area contributed by atoms with Gasteiger partial charge in [0.15, 0.2) is 0 Å². The molecule has 0 radical (unpaired) electrons. The van der Waals surface area contributed by atoms with Crippen LogP contribution in [0.5, 0.6) is 5.75 Å². The molecule has 0 amide bonds. The van der Waals surface area contributed by atoms with Crippen molar-refractivity contribution in [3.8, 4) is 5.75 Å². The number of nitrogens with two attached hydrogens (primary N) is 1. The zero-order valence-corrected chi connectivity index (χ0v) is 11.3. The highest BCUT2D eigenvalue weighted by atomic mass is 16.5. The molecule has 0 fully saturated rings. The minimum absolute atomic E-state index is 0.478. The van der Waals surface area contributed by atoms with Crippen molar-refractivity contribution in [3.05, 3.63) is 77.9 Å². The molecule has 3 aromatic rings. The van der Waals surface area contributed by atoms with Crippen molar-refractivity contribution in [2.24, 2.45) is 5.73 Å². The van der Waals surface area contributed by atoms with Crippen LogP contribution in [0.4, 0.5) is 0 Å². The summed E-state index contributed by atoms with van der Waals surface area (Å²) in [6.45, 7) is 1.04. The lowest BCUT2D eigenvalue weighted by atomic mass is 10.0. The van der Waals surface area contributed by atoms with E-state index in [0.29, 0.717) is 13.2 Å². The van der Waals surface area contributed by atoms with Crippen LogP contribution in [0.15, 0.2) is 66.7 Å². The van der Waals surface area contributed by atoms with Crippen LogP contribution < -0.4 is 10.5 Å². The van der Waals surface area contributed by atoms with E-state index in [-0.39, 0.29) is 0 Å². The summed E-state index contributed by atoms with van der Waals surface area (Å²) in [7, 11) is 0. The first-order valence-electron chi connectivity index (χ1n) is 6.76. The van der Waals surface area contributed by atoms with Gasteiger partial charge >= 0.3 is 0 Å². The fraction of sp³-hybridized carbons (Fsp3) is 0.111. The van der Waals surface area contributed by atoms with E-state index in [9.17, 15) is 0 Å². The van der Waals surface area contributed by atoms with Crippen molar-refractivity contribution in [2.75, 3.05) is 0 Å². The summed E-state index contributed by atoms with van der Waals surface area (Å²) in [4.78, 5) is 0. The van der Waals surface area contributed by atoms with Crippen LogP contribution in [0.3, 0.4) is 0 Å². The molecule has 0 saturated heterocycles. The number of hydrogen-bond acceptors (Lipinski definition) is 2. The number of hydrogen-bond donors (Lipinski definition) is 1. The first-order valence-corrected chi connectivity index (χ1v) is 6.76. The molecule has 0 spiro atoms. The van der Waals surface area contributed by atoms with Crippen molar-refractivity contribution in [3.63, 3.8) is 0 Å². The normalized spacial score (nSPS) is 10.7. The summed E-state index contributed by atoms with van der Waals surface area (Å²) >= 11 is 0. The molecule has 3 aromatic carbocycles. The van der Waals surface area contributed by atoms with E-state index >= 15 is 0 Å². The van der Waals surface area contributed by atoms with Gasteiger partial charge in [0.1, 0.15) is 12.4 Å². The maximum atomic E-state index is 5.94. The zero-order valence-electron chi connectivity index (χ0n) is 11.3. The Bertz CT molecular complexity index is 707. The summed E-state index contributed by atoms with van der Waals surface area (Å²) in [5, 5.41) is 2.36. The Morgan fingerprint density at radius 1 is 0.800 bits per heavy atom. The Labute approximate surface area is 118 Å². The minimum atomic E-state index is 0.478. The third-order valence-corrected chi connectivity index (χ3v) is 3.44. The van der Waals surface area contributed by atoms with Crippen LogP contribution in [-0.4, -0.2) is 0 Å². The van der Waals surface area contributed by atoms with Gasteiger partial charge in [-0.05, 0) is 22.4 Å². The summed E-state index contributed by atoms with van der Waals surface area (Å²) in [5.41, 5.74) is 8.13. The zero-order chi connectivity index (χ0) is 13.8. The average molecular weight is 263 g/mol. The van der Waals surface area contributed by atoms with E-state index in [1.54, 1.807) is 0 Å². The maximum absolute atomic E-state index is 5.94. The van der Waals surface area contributed by atoms with Crippen LogP contribution in [0, 0.1) is 0 Å². The van der Waals surface area contributed by atoms with Crippen molar-refractivity contribution >= 4 is 10.8 Å². The summed E-state index contributed by atoms with van der Waals surface area (Å²) in [6.07, 6.45) is 0. The van der Waals surface area contributed by atoms with E-state index in [2.05, 4.69) is 30.3 Å². The second-order valence-electron chi connectivity index (χ2n) is 4.74. The largest absolute Gasteiger partial charge is 0.489 e. The van der Waals surface area contributed by atoms with E-state index in [1.807, 2.05) is 36.4 Å². The first-order chi connectivity index (χ1) is 9.88. The molecule has 2 heteroatoms. The van der Waals surface area contributed by atoms with E-state index < -0.39 is 0 Å². The highest BCUT2D eigenvalue weighted by Gasteiger charge is 2.07. The molecule has 2 N–H and O–H groups in total. The molecule has 0 aromatic heterocycles. The highest BCUT2D eigenvalue weighted by Crippen LogP contribution is 2.28. The molecule has 100 valence electrons. The molecule has 0 saturated carbocycles. The lowest BCUT2D eigenvalue weighted by molar-refractivity contribution is 0.303. The fourth-order valence-electron chi connectivity index (χ4n) is 2.40. The number of fused-ring (bicyclic) bond motifs is 1. The van der Waals surface area contributed by atoms with Crippen LogP contribution >= 0.6 is 0 Å². The molecular formula is C18H17NO. The highest BCUT2D eigenvalue weighted by molar-refractivity contribution is 5.87. The topological polar surface area (TPSA) is 35.2 Å². The third-order valence-electron chi connectivity index (χ3n) is 3.44. The minimum Gasteiger partial charge on any atom is -0.489 e. The lowest BCUT2D eigenvalue weighted by Crippen LogP contribution is -2.03. The Hall–Kier alpha value is -2.32. The molecule has 2 nitrogen and oxygen atoms in total. The van der Waals surface area contributed by atoms with Gasteiger partial charge in [-0.2, -0.15) is 0 Å². The van der Waals surface area contributed by atoms with Gasteiger partial charge < -0.3 is 10.5 Å². The van der Waals surface area contributed by atoms with Gasteiger partial charge in [-0.3, -0.25) is 0 Å². The molecule has 0 unspecified atom stereocenters. The van der Waals surface area contributed by atoms with Gasteiger partial charge in [-0.25, -0.2) is 0 Å². The average Bonchev–Trinajstić information content (AvgIpc) is 2.53. The molecule has 0 bridgehead atoms. The van der Waals surface area contributed by atoms with Crippen molar-refractivity contribution in [1.82, 2.24) is 0 Å². The van der Waals surface area contributed by atoms with E-state index in [4.69, 9.17) is 10.5 Å². The number of benzene rings is 3. The molecule has 3 rings (SSSR count). The van der Waals surface area contributed by atoms with Crippen LogP contribution in [0.25, 0.3) is 10.8 Å². The van der Waals surface area contributed by atoms with Crippen LogP contribution in [0.2, 0.25) is 0 Å². The Balaban J connectivity index is 1.91. The second-order valence-corrected chi connectivity index (χ2v) is 4.74. The van der Waals surface area contributed by atoms with Crippen molar-refractivity contribution in [2.45, 2.75) is 13.2 Å². The smallest absolute Gasteiger partial charge is 0.124 e. The lowest BCUT2D eigenvalue weighted by Gasteiger charge is -2.13. The van der Waals surface area contributed by atoms with Gasteiger partial charge in [-0.1, -0.05) is 60.7 Å². The maximum Gasteiger partial charge on any atom is 0.124 e. The predicted octanol–water partition coefficient (Wildman–Crippen LogP) is 3.88. The van der Waals surface area contributed by atoms with Crippen molar-refractivity contribution in [1.29, 1.82) is 0 Å². The van der Waals surface area contributed by atoms with Gasteiger partial charge in [-0.15, -0.1) is 0 Å². The molecule has 20 heavy (non-hydrogen) atoms. The Kier molecular flexibility index (Phi) is 3.66. The number of ether oxygens (including phenoxy) is 1. The standard InChI is InChI=1S/C18H17NO/c19-12-17-16-9-5-4-8-15(16)10-11-18(17)20-13-14-6-2-1-3-7-14/h1-11H,12-13,19H2. The molecule has 0 aliphatic rings. The molecule has 0 aliphatic heterocycles. The van der Waals surface area contributed by atoms with Crippen LogP contribution in [-0.2, 0) is 13.2 Å². The molecule has 0 atom stereocenters. The van der Waals surface area contributed by atoms with Gasteiger partial charge in [0.2, 0.25) is 0 Å². The van der Waals surface area contributed by atoms with Gasteiger partial charge in [0.05, 0.1) is 0 Å². The van der Waals surface area contributed by atoms with Gasteiger partial charge in [0.25, 0.3) is 0 Å². The predicted molar refractivity (Wildman–Crippen MR) is 82.6 cm³/mol. The van der Waals surface area contributed by atoms with E-state index in [0.717, 1.165) is 16.9 Å². The summed E-state index contributed by atoms with van der Waals surface area (Å²) in [6, 6.07) is 22.5.